The highest BCUT2D eigenvalue weighted by atomic mass is 28.3. The first-order chi connectivity index (χ1) is 14.3. The van der Waals surface area contributed by atoms with Gasteiger partial charge in [0, 0.05) is 0 Å². The van der Waals surface area contributed by atoms with Gasteiger partial charge in [-0.1, -0.05) is 116 Å². The average Bonchev–Trinajstić information content (AvgIpc) is 2.80. The van der Waals surface area contributed by atoms with Crippen molar-refractivity contribution >= 4 is 23.6 Å². The first-order valence-corrected chi connectivity index (χ1v) is 12.1. The average molecular weight is 392 g/mol. The molecule has 0 aliphatic heterocycles. The Bertz CT molecular complexity index is 925. The van der Waals surface area contributed by atoms with Gasteiger partial charge in [0.15, 0.2) is 0 Å². The third-order valence-electron chi connectivity index (χ3n) is 5.06. The van der Waals surface area contributed by atoms with E-state index in [2.05, 4.69) is 97.3 Å². The molecule has 0 bridgehead atoms. The van der Waals surface area contributed by atoms with Crippen molar-refractivity contribution in [3.63, 3.8) is 0 Å². The van der Waals surface area contributed by atoms with Gasteiger partial charge in [0.1, 0.15) is 0 Å². The van der Waals surface area contributed by atoms with Gasteiger partial charge in [-0.25, -0.2) is 0 Å². The number of nitrogens with zero attached hydrogens (tertiary/aromatic N) is 1. The van der Waals surface area contributed by atoms with E-state index in [9.17, 15) is 5.26 Å². The predicted octanol–water partition coefficient (Wildman–Crippen LogP) is 4.20. The van der Waals surface area contributed by atoms with Gasteiger partial charge in [-0.15, -0.1) is 5.54 Å². The minimum absolute atomic E-state index is 0.0736. The monoisotopic (exact) mass is 391 g/mol. The molecule has 0 saturated heterocycles. The number of hydrogen-bond acceptors (Lipinski definition) is 1. The zero-order valence-corrected chi connectivity index (χ0v) is 17.8. The minimum atomic E-state index is -2.52. The van der Waals surface area contributed by atoms with Crippen LogP contribution in [0.2, 0.25) is 0 Å². The van der Waals surface area contributed by atoms with Crippen LogP contribution in [0.5, 0.6) is 0 Å². The van der Waals surface area contributed by atoms with Crippen LogP contribution in [-0.2, 0) is 0 Å². The zero-order chi connectivity index (χ0) is 20.4. The van der Waals surface area contributed by atoms with Gasteiger partial charge in [0.2, 0.25) is 8.07 Å². The van der Waals surface area contributed by atoms with Crippen LogP contribution >= 0.6 is 0 Å². The van der Waals surface area contributed by atoms with Crippen molar-refractivity contribution in [3.8, 4) is 17.5 Å². The van der Waals surface area contributed by atoms with Gasteiger partial charge in [0.05, 0.1) is 12.0 Å². The number of hydrogen-bond donors (Lipinski definition) is 0. The van der Waals surface area contributed by atoms with E-state index in [1.165, 1.54) is 15.6 Å². The van der Waals surface area contributed by atoms with Crippen molar-refractivity contribution in [1.82, 2.24) is 0 Å². The first-order valence-electron chi connectivity index (χ1n) is 10.1. The second-order valence-electron chi connectivity index (χ2n) is 7.00. The zero-order valence-electron chi connectivity index (χ0n) is 16.8. The number of allylic oxidation sites excluding steroid dienone is 2. The minimum Gasteiger partial charge on any atom is -0.198 e. The quantitative estimate of drug-likeness (QED) is 0.351. The van der Waals surface area contributed by atoms with E-state index in [0.29, 0.717) is 0 Å². The van der Waals surface area contributed by atoms with E-state index in [-0.39, 0.29) is 5.92 Å². The van der Waals surface area contributed by atoms with Gasteiger partial charge in [-0.2, -0.15) is 5.26 Å². The fourth-order valence-corrected chi connectivity index (χ4v) is 7.42. The van der Waals surface area contributed by atoms with Crippen LogP contribution in [0.1, 0.15) is 19.8 Å². The summed E-state index contributed by atoms with van der Waals surface area (Å²) in [7, 11) is -2.52. The highest BCUT2D eigenvalue weighted by Crippen LogP contribution is 2.08. The van der Waals surface area contributed by atoms with Crippen LogP contribution in [0.3, 0.4) is 0 Å². The van der Waals surface area contributed by atoms with Crippen LogP contribution < -0.4 is 15.6 Å². The lowest BCUT2D eigenvalue weighted by molar-refractivity contribution is 0.702. The van der Waals surface area contributed by atoms with E-state index in [4.69, 9.17) is 0 Å². The standard InChI is InChI=1S/C27H25NSi/c1-2-14-24(23-28)15-12-13-22-29(25-16-6-3-7-17-25,26-18-8-4-9-19-26)27-20-10-5-11-21-27/h3-12,15-21,24H,2,14H2,1H3/b15-12+/t24-/m1/s1. The lowest BCUT2D eigenvalue weighted by Gasteiger charge is -2.28. The molecule has 0 N–H and O–H groups in total. The second kappa shape index (κ2) is 10.3. The highest BCUT2D eigenvalue weighted by Gasteiger charge is 2.38. The van der Waals surface area contributed by atoms with Crippen LogP contribution in [-0.4, -0.2) is 8.07 Å². The molecule has 1 nitrogen and oxygen atoms in total. The van der Waals surface area contributed by atoms with Crippen molar-refractivity contribution in [2.75, 3.05) is 0 Å². The maximum Gasteiger partial charge on any atom is 0.230 e. The van der Waals surface area contributed by atoms with E-state index in [1.807, 2.05) is 30.4 Å². The number of benzene rings is 3. The molecule has 3 aromatic carbocycles. The van der Waals surface area contributed by atoms with E-state index in [0.717, 1.165) is 12.8 Å². The lowest BCUT2D eigenvalue weighted by atomic mass is 10.1. The van der Waals surface area contributed by atoms with Crippen LogP contribution in [0.25, 0.3) is 0 Å². The Balaban J connectivity index is 2.18. The molecule has 0 fully saturated rings. The summed E-state index contributed by atoms with van der Waals surface area (Å²) in [6.07, 6.45) is 5.68. The molecule has 0 unspecified atom stereocenters. The van der Waals surface area contributed by atoms with Gasteiger partial charge in [0.25, 0.3) is 0 Å². The topological polar surface area (TPSA) is 23.8 Å². The van der Waals surface area contributed by atoms with Gasteiger partial charge < -0.3 is 0 Å². The second-order valence-corrected chi connectivity index (χ2v) is 10.5. The van der Waals surface area contributed by atoms with Crippen molar-refractivity contribution in [1.29, 1.82) is 5.26 Å². The molecule has 142 valence electrons. The fraction of sp³-hybridized carbons (Fsp3) is 0.148. The molecule has 0 spiro atoms. The molecule has 0 radical (unpaired) electrons. The molecule has 0 amide bonds. The van der Waals surface area contributed by atoms with E-state index >= 15 is 0 Å². The summed E-state index contributed by atoms with van der Waals surface area (Å²) in [6, 6.07) is 34.2. The summed E-state index contributed by atoms with van der Waals surface area (Å²) in [5, 5.41) is 13.1. The predicted molar refractivity (Wildman–Crippen MR) is 125 cm³/mol. The number of rotatable bonds is 6. The Hall–Kier alpha value is -3.33. The number of nitriles is 1. The third kappa shape index (κ3) is 4.75. The fourth-order valence-electron chi connectivity index (χ4n) is 3.61. The van der Waals surface area contributed by atoms with Crippen molar-refractivity contribution in [3.05, 3.63) is 103 Å². The molecule has 0 saturated carbocycles. The summed E-state index contributed by atoms with van der Waals surface area (Å²) >= 11 is 0. The molecule has 3 rings (SSSR count). The molecule has 0 aliphatic rings. The highest BCUT2D eigenvalue weighted by molar-refractivity contribution is 7.16. The Labute approximate surface area is 175 Å². The van der Waals surface area contributed by atoms with Gasteiger partial charge in [-0.3, -0.25) is 0 Å². The van der Waals surface area contributed by atoms with E-state index < -0.39 is 8.07 Å². The molecule has 29 heavy (non-hydrogen) atoms. The molecule has 0 heterocycles. The summed E-state index contributed by atoms with van der Waals surface area (Å²) in [4.78, 5) is 0. The molecule has 2 heteroatoms. The van der Waals surface area contributed by atoms with Crippen LogP contribution in [0.15, 0.2) is 103 Å². The summed E-state index contributed by atoms with van der Waals surface area (Å²) in [6.45, 7) is 2.10. The summed E-state index contributed by atoms with van der Waals surface area (Å²) in [5.74, 6) is 3.25. The van der Waals surface area contributed by atoms with Crippen LogP contribution in [0, 0.1) is 28.7 Å². The Morgan fingerprint density at radius 2 is 1.24 bits per heavy atom. The SMILES string of the molecule is CCC[C@@H](C#N)/C=C/C#C[Si](c1ccccc1)(c1ccccc1)c1ccccc1. The smallest absolute Gasteiger partial charge is 0.198 e. The van der Waals surface area contributed by atoms with Crippen LogP contribution in [0.4, 0.5) is 0 Å². The third-order valence-corrected chi connectivity index (χ3v) is 9.17. The Morgan fingerprint density at radius 3 is 1.62 bits per heavy atom. The maximum atomic E-state index is 9.31. The molecule has 1 atom stereocenters. The normalized spacial score (nSPS) is 12.0. The van der Waals surface area contributed by atoms with Gasteiger partial charge >= 0.3 is 0 Å². The molecule has 0 aromatic heterocycles. The Morgan fingerprint density at radius 1 is 0.793 bits per heavy atom. The van der Waals surface area contributed by atoms with Crippen molar-refractivity contribution < 1.29 is 0 Å². The molecular formula is C27H25NSi. The Kier molecular flexibility index (Phi) is 7.23. The van der Waals surface area contributed by atoms with Crippen molar-refractivity contribution in [2.45, 2.75) is 19.8 Å². The van der Waals surface area contributed by atoms with Crippen molar-refractivity contribution in [2.24, 2.45) is 5.92 Å². The molecular weight excluding hydrogens is 366 g/mol. The molecule has 3 aromatic rings. The molecule has 0 aliphatic carbocycles. The van der Waals surface area contributed by atoms with E-state index in [1.54, 1.807) is 0 Å². The summed E-state index contributed by atoms with van der Waals surface area (Å²) in [5.41, 5.74) is 3.70. The summed E-state index contributed by atoms with van der Waals surface area (Å²) < 4.78 is 0. The maximum absolute atomic E-state index is 9.31. The first kappa shape index (κ1) is 20.4. The lowest BCUT2D eigenvalue weighted by Crippen LogP contribution is -2.66. The van der Waals surface area contributed by atoms with Gasteiger partial charge in [-0.05, 0) is 28.1 Å². The largest absolute Gasteiger partial charge is 0.230 e.